The molecule has 0 radical (unpaired) electrons. The zero-order valence-electron chi connectivity index (χ0n) is 34.0. The number of aryl methyl sites for hydroxylation is 1. The highest BCUT2D eigenvalue weighted by atomic mass is 35.5. The second-order valence-corrected chi connectivity index (χ2v) is 17.2. The maximum Gasteiger partial charge on any atom is 0.291 e. The molecule has 1 aliphatic carbocycles. The first-order valence-corrected chi connectivity index (χ1v) is 20.5. The summed E-state index contributed by atoms with van der Waals surface area (Å²) in [6.07, 6.45) is 4.13. The van der Waals surface area contributed by atoms with Gasteiger partial charge in [0.15, 0.2) is 17.5 Å². The number of alkyl halides is 2. The first-order valence-electron chi connectivity index (χ1n) is 20.1. The second-order valence-electron chi connectivity index (χ2n) is 16.8. The molecule has 3 fully saturated rings. The molecule has 4 amide bonds. The lowest BCUT2D eigenvalue weighted by atomic mass is 9.92. The van der Waals surface area contributed by atoms with Gasteiger partial charge >= 0.3 is 0 Å². The van der Waals surface area contributed by atoms with E-state index in [0.717, 1.165) is 30.4 Å². The Labute approximate surface area is 350 Å². The van der Waals surface area contributed by atoms with Crippen molar-refractivity contribution in [2.45, 2.75) is 64.0 Å². The topological polar surface area (TPSA) is 134 Å². The minimum Gasteiger partial charge on any atom is -0.352 e. The van der Waals surface area contributed by atoms with Crippen molar-refractivity contribution < 1.29 is 41.2 Å². The van der Waals surface area contributed by atoms with E-state index in [9.17, 15) is 28.0 Å². The van der Waals surface area contributed by atoms with Crippen LogP contribution in [-0.4, -0.2) is 123 Å². The molecule has 2 aromatic carbocycles. The summed E-state index contributed by atoms with van der Waals surface area (Å²) in [4.78, 5) is 60.3. The van der Waals surface area contributed by atoms with E-state index in [0.29, 0.717) is 31.9 Å². The predicted molar refractivity (Wildman–Crippen MR) is 216 cm³/mol. The number of benzene rings is 2. The highest BCUT2D eigenvalue weighted by Gasteiger charge is 2.36. The number of nitrogens with zero attached hydrogens (tertiary/aromatic N) is 7. The molecular weight excluding hydrogens is 806 g/mol. The number of likely N-dealkylation sites (tertiary alicyclic amines) is 1. The Morgan fingerprint density at radius 1 is 0.900 bits per heavy atom. The van der Waals surface area contributed by atoms with E-state index in [1.165, 1.54) is 59.0 Å². The van der Waals surface area contributed by atoms with Gasteiger partial charge in [-0.25, -0.2) is 22.5 Å². The molecule has 3 aliphatic rings. The summed E-state index contributed by atoms with van der Waals surface area (Å²) in [5.74, 6) is -6.38. The zero-order valence-corrected chi connectivity index (χ0v) is 34.8. The van der Waals surface area contributed by atoms with Crippen molar-refractivity contribution in [3.05, 3.63) is 76.5 Å². The van der Waals surface area contributed by atoms with E-state index in [-0.39, 0.29) is 100 Å². The summed E-state index contributed by atoms with van der Waals surface area (Å²) in [5, 5.41) is 9.84. The maximum absolute atomic E-state index is 15.7. The van der Waals surface area contributed by atoms with Crippen LogP contribution in [0.5, 0.6) is 0 Å². The number of amides is 4. The van der Waals surface area contributed by atoms with Crippen molar-refractivity contribution in [3.63, 3.8) is 0 Å². The number of hydrogen-bond donors (Lipinski definition) is 2. The number of halogens is 5. The van der Waals surface area contributed by atoms with E-state index in [1.807, 2.05) is 4.90 Å². The van der Waals surface area contributed by atoms with Gasteiger partial charge in [0.05, 0.1) is 55.4 Å². The molecule has 0 atom stereocenters. The highest BCUT2D eigenvalue weighted by Crippen LogP contribution is 2.35. The van der Waals surface area contributed by atoms with Crippen molar-refractivity contribution in [2.24, 2.45) is 13.0 Å². The molecule has 320 valence electrons. The number of piperidine rings is 1. The van der Waals surface area contributed by atoms with Gasteiger partial charge in [-0.1, -0.05) is 17.7 Å². The van der Waals surface area contributed by atoms with Gasteiger partial charge in [-0.05, 0) is 44.0 Å². The molecule has 2 saturated heterocycles. The molecule has 4 heterocycles. The largest absolute Gasteiger partial charge is 0.352 e. The number of carbonyl (C=O) groups is 4. The van der Waals surface area contributed by atoms with Crippen LogP contribution in [0.3, 0.4) is 0 Å². The molecule has 2 aromatic heterocycles. The molecule has 4 aromatic rings. The van der Waals surface area contributed by atoms with Gasteiger partial charge in [-0.2, -0.15) is 5.10 Å². The van der Waals surface area contributed by atoms with Crippen molar-refractivity contribution in [3.8, 4) is 22.4 Å². The lowest BCUT2D eigenvalue weighted by molar-refractivity contribution is -0.895. The number of piperazine rings is 1. The molecule has 0 bridgehead atoms. The SMILES string of the molecule is Cc1nn(CC(=O)NC2CCC(F)(F)CC2)cc1-c1ccc(-c2cnc(C(=O)Nc3ccc(C(=O)N4CCN(C(=O)C5CC[N+](C)(C)CC5)CC4)c(Cl)c3)n2C)c(F)c1F. The first-order chi connectivity index (χ1) is 28.4. The van der Waals surface area contributed by atoms with Gasteiger partial charge < -0.3 is 29.5 Å². The van der Waals surface area contributed by atoms with Crippen molar-refractivity contribution in [2.75, 3.05) is 58.7 Å². The summed E-state index contributed by atoms with van der Waals surface area (Å²) in [7, 11) is 5.83. The zero-order chi connectivity index (χ0) is 43.1. The monoisotopic (exact) mass is 854 g/mol. The Kier molecular flexibility index (Phi) is 12.1. The minimum absolute atomic E-state index is 0.0182. The lowest BCUT2D eigenvalue weighted by Crippen LogP contribution is -2.54. The fourth-order valence-electron chi connectivity index (χ4n) is 8.32. The third-order valence-corrected chi connectivity index (χ3v) is 12.3. The first kappa shape index (κ1) is 42.8. The number of aromatic nitrogens is 4. The van der Waals surface area contributed by atoms with E-state index >= 15 is 8.78 Å². The minimum atomic E-state index is -2.72. The van der Waals surface area contributed by atoms with Gasteiger partial charge in [0.2, 0.25) is 17.7 Å². The van der Waals surface area contributed by atoms with Crippen LogP contribution < -0.4 is 10.6 Å². The predicted octanol–water partition coefficient (Wildman–Crippen LogP) is 5.91. The molecule has 2 aliphatic heterocycles. The van der Waals surface area contributed by atoms with E-state index in [1.54, 1.807) is 11.8 Å². The van der Waals surface area contributed by atoms with Gasteiger partial charge in [0.1, 0.15) is 6.54 Å². The van der Waals surface area contributed by atoms with E-state index < -0.39 is 29.4 Å². The standard InChI is InChI=1S/C42H48ClF4N9O4/c1-25-32(23-55(51-25)24-35(57)49-27-9-13-42(46,47)14-10-27)29-7-8-31(37(45)36(29)44)34-22-48-38(52(34)2)39(58)50-28-5-6-30(33(43)21-28)41(60)54-17-15-53(16-18-54)40(59)26-11-19-56(3,4)20-12-26/h5-8,21-23,26-27H,9-20,24H2,1-4H3,(H-,49,50,57,58,60)/p+1. The Bertz CT molecular complexity index is 2300. The Hall–Kier alpha value is -5.29. The summed E-state index contributed by atoms with van der Waals surface area (Å²) in [5.41, 5.74) is 1.01. The number of anilines is 1. The maximum atomic E-state index is 15.7. The van der Waals surface area contributed by atoms with Crippen LogP contribution in [0.2, 0.25) is 5.02 Å². The van der Waals surface area contributed by atoms with Crippen LogP contribution in [0.1, 0.15) is 65.2 Å². The molecule has 60 heavy (non-hydrogen) atoms. The molecule has 13 nitrogen and oxygen atoms in total. The summed E-state index contributed by atoms with van der Waals surface area (Å²) >= 11 is 6.55. The smallest absolute Gasteiger partial charge is 0.291 e. The quantitative estimate of drug-likeness (QED) is 0.159. The lowest BCUT2D eigenvalue weighted by Gasteiger charge is -2.40. The van der Waals surface area contributed by atoms with E-state index in [4.69, 9.17) is 11.6 Å². The highest BCUT2D eigenvalue weighted by molar-refractivity contribution is 6.34. The van der Waals surface area contributed by atoms with Gasteiger partial charge in [0.25, 0.3) is 11.8 Å². The third-order valence-electron chi connectivity index (χ3n) is 12.0. The second kappa shape index (κ2) is 17.0. The number of carbonyl (C=O) groups excluding carboxylic acids is 4. The fourth-order valence-corrected chi connectivity index (χ4v) is 8.58. The average molecular weight is 855 g/mol. The normalized spacial score (nSPS) is 18.4. The number of imidazole rings is 1. The van der Waals surface area contributed by atoms with Crippen LogP contribution in [-0.2, 0) is 23.2 Å². The molecular formula is C42H49ClF4N9O4+. The number of nitrogens with one attached hydrogen (secondary N) is 2. The number of hydrogen-bond acceptors (Lipinski definition) is 6. The van der Waals surface area contributed by atoms with E-state index in [2.05, 4.69) is 34.8 Å². The molecule has 1 saturated carbocycles. The Morgan fingerprint density at radius 2 is 1.53 bits per heavy atom. The molecule has 0 spiro atoms. The molecule has 0 unspecified atom stereocenters. The van der Waals surface area contributed by atoms with Gasteiger partial charge in [-0.3, -0.25) is 23.9 Å². The van der Waals surface area contributed by atoms with Crippen molar-refractivity contribution in [1.29, 1.82) is 0 Å². The summed E-state index contributed by atoms with van der Waals surface area (Å²) in [6, 6.07) is 6.87. The molecule has 7 rings (SSSR count). The number of quaternary nitrogens is 1. The molecule has 18 heteroatoms. The van der Waals surface area contributed by atoms with Gasteiger partial charge in [-0.15, -0.1) is 0 Å². The fraction of sp³-hybridized carbons (Fsp3) is 0.476. The summed E-state index contributed by atoms with van der Waals surface area (Å²) in [6.45, 7) is 4.93. The number of rotatable bonds is 9. The van der Waals surface area contributed by atoms with Crippen LogP contribution in [0.15, 0.2) is 42.7 Å². The van der Waals surface area contributed by atoms with Crippen LogP contribution >= 0.6 is 11.6 Å². The Balaban J connectivity index is 0.958. The Morgan fingerprint density at radius 3 is 2.20 bits per heavy atom. The third kappa shape index (κ3) is 9.21. The molecule has 2 N–H and O–H groups in total. The average Bonchev–Trinajstić information content (AvgIpc) is 3.77. The van der Waals surface area contributed by atoms with Crippen molar-refractivity contribution >= 4 is 40.9 Å². The summed E-state index contributed by atoms with van der Waals surface area (Å²) < 4.78 is 62.0. The van der Waals surface area contributed by atoms with Crippen LogP contribution in [0.4, 0.5) is 23.2 Å². The van der Waals surface area contributed by atoms with Crippen LogP contribution in [0, 0.1) is 24.5 Å². The van der Waals surface area contributed by atoms with Gasteiger partial charge in [0, 0.05) is 99.4 Å². The van der Waals surface area contributed by atoms with Crippen molar-refractivity contribution in [1.82, 2.24) is 34.4 Å². The van der Waals surface area contributed by atoms with Crippen LogP contribution in [0.25, 0.3) is 22.4 Å².